The van der Waals surface area contributed by atoms with E-state index in [1.165, 1.54) is 29.3 Å². The lowest BCUT2D eigenvalue weighted by atomic mass is 9.85. The monoisotopic (exact) mass is 540 g/mol. The summed E-state index contributed by atoms with van der Waals surface area (Å²) in [5, 5.41) is 16.1. The first-order valence-electron chi connectivity index (χ1n) is 10.7. The number of halogens is 5. The third-order valence-corrected chi connectivity index (χ3v) is 7.06. The van der Waals surface area contributed by atoms with E-state index in [2.05, 4.69) is 40.5 Å². The molecule has 4 aromatic heterocycles. The average molecular weight is 540 g/mol. The smallest absolute Gasteiger partial charge is 0.383 e. The Labute approximate surface area is 208 Å². The molecule has 5 heterocycles. The maximum Gasteiger partial charge on any atom is 0.453 e. The molecule has 0 radical (unpaired) electrons. The Morgan fingerprint density at radius 3 is 2.51 bits per heavy atom. The molecule has 0 aromatic carbocycles. The van der Waals surface area contributed by atoms with Crippen LogP contribution in [-0.4, -0.2) is 57.9 Å². The number of nitrogens with two attached hydrogens (primary N) is 1. The molecule has 5 rings (SSSR count). The number of fused-ring (bicyclic) bond motifs is 2. The van der Waals surface area contributed by atoms with Gasteiger partial charge in [0, 0.05) is 19.9 Å². The number of carbonyl (C=O) groups is 1. The number of nitrogens with zero attached hydrogens (tertiary/aromatic N) is 8. The predicted octanol–water partition coefficient (Wildman–Crippen LogP) is 2.95. The molecule has 3 N–H and O–H groups in total. The summed E-state index contributed by atoms with van der Waals surface area (Å²) in [6, 6.07) is 0. The quantitative estimate of drug-likeness (QED) is 0.364. The van der Waals surface area contributed by atoms with Crippen molar-refractivity contribution in [3.05, 3.63) is 27.6 Å². The van der Waals surface area contributed by atoms with E-state index in [9.17, 15) is 26.7 Å². The molecule has 0 saturated heterocycles. The molecule has 1 aliphatic heterocycles. The average Bonchev–Trinajstić information content (AvgIpc) is 3.48. The van der Waals surface area contributed by atoms with Gasteiger partial charge < -0.3 is 11.1 Å². The molecule has 37 heavy (non-hydrogen) atoms. The van der Waals surface area contributed by atoms with Gasteiger partial charge in [-0.3, -0.25) is 9.48 Å². The number of aromatic nitrogens is 8. The highest BCUT2D eigenvalue weighted by Crippen LogP contribution is 2.46. The largest absolute Gasteiger partial charge is 0.453 e. The first kappa shape index (κ1) is 24.8. The van der Waals surface area contributed by atoms with Gasteiger partial charge in [0.1, 0.15) is 38.6 Å². The Hall–Kier alpha value is -3.89. The van der Waals surface area contributed by atoms with Crippen molar-refractivity contribution >= 4 is 39.9 Å². The summed E-state index contributed by atoms with van der Waals surface area (Å²) in [5.74, 6) is -5.77. The summed E-state index contributed by atoms with van der Waals surface area (Å²) in [5.41, 5.74) is 5.40. The van der Waals surface area contributed by atoms with Gasteiger partial charge in [0.05, 0.1) is 17.1 Å². The van der Waals surface area contributed by atoms with Crippen LogP contribution in [-0.2, 0) is 23.7 Å². The molecule has 4 aromatic rings. The second-order valence-corrected chi connectivity index (χ2v) is 9.74. The summed E-state index contributed by atoms with van der Waals surface area (Å²) < 4.78 is 66.4. The van der Waals surface area contributed by atoms with E-state index >= 15 is 0 Å². The Bertz CT molecular complexity index is 1570. The summed E-state index contributed by atoms with van der Waals surface area (Å²) in [6.45, 7) is 3.34. The number of nitrogen functional groups attached to an aromatic ring is 1. The van der Waals surface area contributed by atoms with Crippen LogP contribution in [0, 0.1) is 6.92 Å². The van der Waals surface area contributed by atoms with E-state index in [4.69, 9.17) is 5.73 Å². The fraction of sp³-hybridized carbons (Fsp3) is 0.400. The number of aryl methyl sites for hydroxylation is 3. The second kappa shape index (κ2) is 8.06. The maximum atomic E-state index is 13.5. The Balaban J connectivity index is 1.61. The zero-order chi connectivity index (χ0) is 26.9. The minimum Gasteiger partial charge on any atom is -0.383 e. The Morgan fingerprint density at radius 1 is 1.14 bits per heavy atom. The lowest BCUT2D eigenvalue weighted by Gasteiger charge is -2.19. The minimum absolute atomic E-state index is 0.00698. The van der Waals surface area contributed by atoms with Crippen LogP contribution in [0.15, 0.2) is 6.20 Å². The molecule has 0 aliphatic carbocycles. The van der Waals surface area contributed by atoms with Crippen molar-refractivity contribution in [2.45, 2.75) is 44.2 Å². The maximum absolute atomic E-state index is 13.5. The number of alkyl halides is 5. The fourth-order valence-electron chi connectivity index (χ4n) is 3.98. The lowest BCUT2D eigenvalue weighted by Crippen LogP contribution is -2.36. The zero-order valence-corrected chi connectivity index (χ0v) is 20.2. The molecule has 1 aliphatic rings. The lowest BCUT2D eigenvalue weighted by molar-refractivity contribution is -0.284. The van der Waals surface area contributed by atoms with E-state index in [1.54, 1.807) is 13.8 Å². The van der Waals surface area contributed by atoms with Gasteiger partial charge in [0.2, 0.25) is 5.91 Å². The van der Waals surface area contributed by atoms with E-state index in [0.29, 0.717) is 15.4 Å². The van der Waals surface area contributed by atoms with E-state index in [1.807, 2.05) is 0 Å². The van der Waals surface area contributed by atoms with Crippen LogP contribution in [0.5, 0.6) is 0 Å². The number of carbonyl (C=O) groups excluding carboxylic acids is 1. The highest BCUT2D eigenvalue weighted by atomic mass is 32.1. The summed E-state index contributed by atoms with van der Waals surface area (Å²) in [4.78, 5) is 30.0. The molecule has 1 amide bonds. The molecule has 0 fully saturated rings. The van der Waals surface area contributed by atoms with Crippen LogP contribution in [0.1, 0.15) is 34.7 Å². The molecule has 1 atom stereocenters. The van der Waals surface area contributed by atoms with Gasteiger partial charge in [-0.1, -0.05) is 0 Å². The van der Waals surface area contributed by atoms with E-state index in [-0.39, 0.29) is 40.2 Å². The highest BCUT2D eigenvalue weighted by molar-refractivity contribution is 7.11. The van der Waals surface area contributed by atoms with Crippen molar-refractivity contribution in [2.24, 2.45) is 7.05 Å². The zero-order valence-electron chi connectivity index (χ0n) is 19.4. The fourth-order valence-corrected chi connectivity index (χ4v) is 4.82. The van der Waals surface area contributed by atoms with Crippen molar-refractivity contribution in [3.63, 3.8) is 0 Å². The van der Waals surface area contributed by atoms with Crippen LogP contribution in [0.2, 0.25) is 0 Å². The predicted molar refractivity (Wildman–Crippen MR) is 121 cm³/mol. The number of rotatable bonds is 5. The van der Waals surface area contributed by atoms with Gasteiger partial charge in [0.25, 0.3) is 0 Å². The number of anilines is 2. The first-order chi connectivity index (χ1) is 17.2. The number of nitrogens with one attached hydrogen (secondary N) is 1. The van der Waals surface area contributed by atoms with Crippen LogP contribution in [0.4, 0.5) is 33.6 Å². The van der Waals surface area contributed by atoms with Crippen LogP contribution in [0.3, 0.4) is 0 Å². The molecule has 0 saturated carbocycles. The van der Waals surface area contributed by atoms with Crippen LogP contribution in [0.25, 0.3) is 22.6 Å². The molecule has 0 bridgehead atoms. The Kier molecular flexibility index (Phi) is 5.40. The van der Waals surface area contributed by atoms with Crippen molar-refractivity contribution in [2.75, 3.05) is 11.1 Å². The van der Waals surface area contributed by atoms with Gasteiger partial charge in [-0.25, -0.2) is 19.9 Å². The summed E-state index contributed by atoms with van der Waals surface area (Å²) in [6.07, 6.45) is -6.67. The van der Waals surface area contributed by atoms with E-state index in [0.717, 1.165) is 0 Å². The topological polar surface area (TPSA) is 150 Å². The third kappa shape index (κ3) is 3.84. The Morgan fingerprint density at radius 2 is 1.86 bits per heavy atom. The molecule has 17 heteroatoms. The molecule has 11 nitrogen and oxygen atoms in total. The molecular formula is C20H17F5N10OS. The number of hydrogen-bond donors (Lipinski definition) is 2. The molecular weight excluding hydrogens is 523 g/mol. The van der Waals surface area contributed by atoms with Crippen molar-refractivity contribution in [3.8, 4) is 11.5 Å². The number of hydrogen-bond acceptors (Lipinski definition) is 10. The standard InChI is InChI=1S/C20H17F5N10OS/c1-7-33-34-17(37-7)18(2)10-12(26)30-14(31-13(10)32-16(18)36)11-8-6-27-35(3)15(8)29-9(28-11)4-5-19(21,22)20(23,24)25/h6H,4-5H2,1-3H3,(H3,26,30,31,32,36). The van der Waals surface area contributed by atoms with Crippen molar-refractivity contribution in [1.82, 2.24) is 39.9 Å². The summed E-state index contributed by atoms with van der Waals surface area (Å²) >= 11 is 1.21. The third-order valence-electron chi connectivity index (χ3n) is 6.00. The highest BCUT2D eigenvalue weighted by Gasteiger charge is 2.56. The normalized spacial score (nSPS) is 17.9. The molecule has 0 spiro atoms. The SMILES string of the molecule is Cc1nnc(C2(C)C(=O)Nc3nc(-c4nc(CCC(F)(F)C(F)(F)F)nc5c4cnn5C)nc(N)c32)s1. The van der Waals surface area contributed by atoms with Gasteiger partial charge in [-0.15, -0.1) is 21.5 Å². The molecule has 194 valence electrons. The van der Waals surface area contributed by atoms with Crippen molar-refractivity contribution < 1.29 is 26.7 Å². The van der Waals surface area contributed by atoms with Gasteiger partial charge in [-0.2, -0.15) is 27.1 Å². The second-order valence-electron chi connectivity index (χ2n) is 8.56. The van der Waals surface area contributed by atoms with Crippen LogP contribution >= 0.6 is 11.3 Å². The summed E-state index contributed by atoms with van der Waals surface area (Å²) in [7, 11) is 1.51. The first-order valence-corrected chi connectivity index (χ1v) is 11.5. The number of amides is 1. The van der Waals surface area contributed by atoms with Crippen LogP contribution < -0.4 is 11.1 Å². The van der Waals surface area contributed by atoms with Crippen molar-refractivity contribution in [1.29, 1.82) is 0 Å². The molecule has 1 unspecified atom stereocenters. The van der Waals surface area contributed by atoms with E-state index < -0.39 is 36.3 Å². The minimum atomic E-state index is -5.71. The van der Waals surface area contributed by atoms with Gasteiger partial charge in [-0.05, 0) is 13.8 Å². The van der Waals surface area contributed by atoms with Gasteiger partial charge in [0.15, 0.2) is 11.5 Å². The van der Waals surface area contributed by atoms with Gasteiger partial charge >= 0.3 is 12.1 Å².